The van der Waals surface area contributed by atoms with Crippen LogP contribution in [-0.2, 0) is 0 Å². The van der Waals surface area contributed by atoms with Crippen LogP contribution in [0.4, 0.5) is 5.69 Å². The van der Waals surface area contributed by atoms with Crippen LogP contribution in [0.5, 0.6) is 11.5 Å². The van der Waals surface area contributed by atoms with Gasteiger partial charge in [-0.05, 0) is 35.4 Å². The van der Waals surface area contributed by atoms with E-state index < -0.39 is 0 Å². The lowest BCUT2D eigenvalue weighted by atomic mass is 9.97. The molecule has 0 fully saturated rings. The fraction of sp³-hybridized carbons (Fsp3) is 0.200. The molecule has 112 valence electrons. The van der Waals surface area contributed by atoms with Crippen molar-refractivity contribution in [3.05, 3.63) is 52.5 Å². The zero-order chi connectivity index (χ0) is 15.4. The van der Waals surface area contributed by atoms with E-state index in [1.807, 2.05) is 24.3 Å². The Kier molecular flexibility index (Phi) is 4.90. The lowest BCUT2D eigenvalue weighted by Crippen LogP contribution is -2.29. The third-order valence-electron chi connectivity index (χ3n) is 3.27. The van der Waals surface area contributed by atoms with Gasteiger partial charge in [0.05, 0.1) is 20.3 Å². The molecule has 5 nitrogen and oxygen atoms in total. The van der Waals surface area contributed by atoms with Crippen LogP contribution in [0.1, 0.15) is 17.2 Å². The highest BCUT2D eigenvalue weighted by atomic mass is 35.5. The molecule has 0 saturated carbocycles. The summed E-state index contributed by atoms with van der Waals surface area (Å²) in [7, 11) is 3.18. The number of rotatable bonds is 5. The van der Waals surface area contributed by atoms with Gasteiger partial charge in [-0.25, -0.2) is 5.43 Å². The minimum Gasteiger partial charge on any atom is -0.493 e. The number of hydrazine groups is 1. The number of halogens is 1. The fourth-order valence-electron chi connectivity index (χ4n) is 2.21. The maximum Gasteiger partial charge on any atom is 0.161 e. The average molecular weight is 308 g/mol. The molecule has 0 saturated heterocycles. The van der Waals surface area contributed by atoms with Crippen LogP contribution >= 0.6 is 11.6 Å². The molecule has 0 aliphatic heterocycles. The minimum absolute atomic E-state index is 0.276. The number of nitrogens with one attached hydrogen (secondary N) is 1. The molecule has 1 atom stereocenters. The molecule has 6 heteroatoms. The van der Waals surface area contributed by atoms with Crippen molar-refractivity contribution in [3.8, 4) is 11.5 Å². The molecule has 2 aromatic carbocycles. The molecule has 21 heavy (non-hydrogen) atoms. The van der Waals surface area contributed by atoms with E-state index in [9.17, 15) is 0 Å². The van der Waals surface area contributed by atoms with Crippen molar-refractivity contribution >= 4 is 17.3 Å². The smallest absolute Gasteiger partial charge is 0.161 e. The molecule has 2 aromatic rings. The number of ether oxygens (including phenoxy) is 2. The Hall–Kier alpha value is -1.95. The third-order valence-corrected chi connectivity index (χ3v) is 3.50. The van der Waals surface area contributed by atoms with Gasteiger partial charge in [0, 0.05) is 10.7 Å². The van der Waals surface area contributed by atoms with E-state index >= 15 is 0 Å². The molecule has 0 aliphatic carbocycles. The second kappa shape index (κ2) is 6.67. The predicted molar refractivity (Wildman–Crippen MR) is 84.6 cm³/mol. The summed E-state index contributed by atoms with van der Waals surface area (Å²) in [5.74, 6) is 6.98. The average Bonchev–Trinajstić information content (AvgIpc) is 2.49. The molecule has 5 N–H and O–H groups in total. The number of anilines is 1. The van der Waals surface area contributed by atoms with Gasteiger partial charge in [0.1, 0.15) is 0 Å². The minimum atomic E-state index is -0.276. The first-order valence-electron chi connectivity index (χ1n) is 6.33. The summed E-state index contributed by atoms with van der Waals surface area (Å²) in [4.78, 5) is 0. The SMILES string of the molecule is COc1ccc(C(NN)c2ccc(Cl)cc2N)cc1OC. The summed E-state index contributed by atoms with van der Waals surface area (Å²) in [6.45, 7) is 0. The Labute approximate surface area is 128 Å². The number of benzene rings is 2. The van der Waals surface area contributed by atoms with Gasteiger partial charge in [0.15, 0.2) is 11.5 Å². The second-order valence-electron chi connectivity index (χ2n) is 4.49. The second-order valence-corrected chi connectivity index (χ2v) is 4.92. The van der Waals surface area contributed by atoms with Crippen molar-refractivity contribution in [1.82, 2.24) is 5.43 Å². The predicted octanol–water partition coefficient (Wildman–Crippen LogP) is 2.49. The first kappa shape index (κ1) is 15.4. The Morgan fingerprint density at radius 3 is 2.33 bits per heavy atom. The van der Waals surface area contributed by atoms with Crippen molar-refractivity contribution in [2.75, 3.05) is 20.0 Å². The van der Waals surface area contributed by atoms with Crippen LogP contribution in [0.25, 0.3) is 0 Å². The van der Waals surface area contributed by atoms with Gasteiger partial charge >= 0.3 is 0 Å². The quantitative estimate of drug-likeness (QED) is 0.449. The highest BCUT2D eigenvalue weighted by Gasteiger charge is 2.17. The van der Waals surface area contributed by atoms with E-state index in [1.54, 1.807) is 26.4 Å². The number of methoxy groups -OCH3 is 2. The van der Waals surface area contributed by atoms with Gasteiger partial charge < -0.3 is 15.2 Å². The third kappa shape index (κ3) is 3.21. The maximum atomic E-state index is 6.03. The summed E-state index contributed by atoms with van der Waals surface area (Å²) in [6.07, 6.45) is 0. The van der Waals surface area contributed by atoms with E-state index in [4.69, 9.17) is 32.7 Å². The van der Waals surface area contributed by atoms with Crippen molar-refractivity contribution in [2.45, 2.75) is 6.04 Å². The largest absolute Gasteiger partial charge is 0.493 e. The van der Waals surface area contributed by atoms with Crippen LogP contribution in [0.3, 0.4) is 0 Å². The van der Waals surface area contributed by atoms with Crippen LogP contribution in [0.15, 0.2) is 36.4 Å². The highest BCUT2D eigenvalue weighted by Crippen LogP contribution is 2.34. The first-order valence-corrected chi connectivity index (χ1v) is 6.71. The molecule has 2 rings (SSSR count). The zero-order valence-corrected chi connectivity index (χ0v) is 12.6. The molecule has 0 aliphatic rings. The molecular weight excluding hydrogens is 290 g/mol. The van der Waals surface area contributed by atoms with E-state index in [0.29, 0.717) is 22.2 Å². The standard InChI is InChI=1S/C15H18ClN3O2/c1-20-13-6-3-9(7-14(13)21-2)15(19-18)11-5-4-10(16)8-12(11)17/h3-8,15,19H,17-18H2,1-2H3. The number of hydrogen-bond donors (Lipinski definition) is 3. The Balaban J connectivity index is 2.46. The topological polar surface area (TPSA) is 82.5 Å². The Morgan fingerprint density at radius 1 is 1.05 bits per heavy atom. The van der Waals surface area contributed by atoms with E-state index in [2.05, 4.69) is 5.43 Å². The molecule has 0 heterocycles. The maximum absolute atomic E-state index is 6.03. The number of hydrogen-bond acceptors (Lipinski definition) is 5. The number of nitrogens with two attached hydrogens (primary N) is 2. The van der Waals surface area contributed by atoms with Crippen LogP contribution in [0.2, 0.25) is 5.02 Å². The summed E-state index contributed by atoms with van der Waals surface area (Å²) in [6, 6.07) is 10.6. The van der Waals surface area contributed by atoms with E-state index in [1.165, 1.54) is 0 Å². The van der Waals surface area contributed by atoms with Gasteiger partial charge in [-0.3, -0.25) is 5.84 Å². The number of nitrogen functional groups attached to an aromatic ring is 1. The van der Waals surface area contributed by atoms with Gasteiger partial charge in [-0.15, -0.1) is 0 Å². The van der Waals surface area contributed by atoms with Crippen molar-refractivity contribution in [3.63, 3.8) is 0 Å². The van der Waals surface area contributed by atoms with Crippen LogP contribution in [0, 0.1) is 0 Å². The van der Waals surface area contributed by atoms with Crippen LogP contribution in [-0.4, -0.2) is 14.2 Å². The Bertz CT molecular complexity index is 634. The van der Waals surface area contributed by atoms with Gasteiger partial charge in [0.2, 0.25) is 0 Å². The molecule has 0 radical (unpaired) electrons. The van der Waals surface area contributed by atoms with E-state index in [-0.39, 0.29) is 6.04 Å². The molecule has 0 spiro atoms. The summed E-state index contributed by atoms with van der Waals surface area (Å²) < 4.78 is 10.5. The highest BCUT2D eigenvalue weighted by molar-refractivity contribution is 6.30. The lowest BCUT2D eigenvalue weighted by molar-refractivity contribution is 0.354. The van der Waals surface area contributed by atoms with Crippen molar-refractivity contribution in [1.29, 1.82) is 0 Å². The van der Waals surface area contributed by atoms with Gasteiger partial charge in [-0.1, -0.05) is 23.7 Å². The molecule has 0 amide bonds. The fourth-order valence-corrected chi connectivity index (χ4v) is 2.39. The zero-order valence-electron chi connectivity index (χ0n) is 11.9. The molecular formula is C15H18ClN3O2. The van der Waals surface area contributed by atoms with Crippen molar-refractivity contribution < 1.29 is 9.47 Å². The first-order chi connectivity index (χ1) is 10.1. The summed E-state index contributed by atoms with van der Waals surface area (Å²) >= 11 is 5.93. The van der Waals surface area contributed by atoms with Gasteiger partial charge in [0.25, 0.3) is 0 Å². The van der Waals surface area contributed by atoms with Crippen LogP contribution < -0.4 is 26.5 Å². The van der Waals surface area contributed by atoms with E-state index in [0.717, 1.165) is 11.1 Å². The lowest BCUT2D eigenvalue weighted by Gasteiger charge is -2.20. The van der Waals surface area contributed by atoms with Gasteiger partial charge in [-0.2, -0.15) is 0 Å². The summed E-state index contributed by atoms with van der Waals surface area (Å²) in [5, 5.41) is 0.583. The summed E-state index contributed by atoms with van der Waals surface area (Å²) in [5.41, 5.74) is 11.1. The normalized spacial score (nSPS) is 12.0. The van der Waals surface area contributed by atoms with Crippen molar-refractivity contribution in [2.24, 2.45) is 5.84 Å². The molecule has 0 aromatic heterocycles. The Morgan fingerprint density at radius 2 is 1.76 bits per heavy atom. The molecule has 1 unspecified atom stereocenters. The monoisotopic (exact) mass is 307 g/mol. The molecule has 0 bridgehead atoms.